The normalized spacial score (nSPS) is 19.3. The summed E-state index contributed by atoms with van der Waals surface area (Å²) in [4.78, 5) is 13.9. The van der Waals surface area contributed by atoms with Crippen molar-refractivity contribution in [1.29, 1.82) is 0 Å². The number of nitrogens with zero attached hydrogens (tertiary/aromatic N) is 1. The molecule has 0 aliphatic carbocycles. The van der Waals surface area contributed by atoms with E-state index in [1.807, 2.05) is 25.1 Å². The number of nitrogens with one attached hydrogen (secondary N) is 1. The summed E-state index contributed by atoms with van der Waals surface area (Å²) in [5.74, 6) is -0.136. The summed E-state index contributed by atoms with van der Waals surface area (Å²) in [6.07, 6.45) is 0. The van der Waals surface area contributed by atoms with E-state index in [0.717, 1.165) is 26.3 Å². The highest BCUT2D eigenvalue weighted by Crippen LogP contribution is 2.25. The topological polar surface area (TPSA) is 41.6 Å². The van der Waals surface area contributed by atoms with Gasteiger partial charge in [0.1, 0.15) is 5.88 Å². The monoisotopic (exact) mass is 296 g/mol. The van der Waals surface area contributed by atoms with Crippen molar-refractivity contribution in [2.75, 3.05) is 32.2 Å². The minimum absolute atomic E-state index is 0.00162. The molecule has 2 atom stereocenters. The van der Waals surface area contributed by atoms with Gasteiger partial charge in [-0.1, -0.05) is 30.3 Å². The van der Waals surface area contributed by atoms with Gasteiger partial charge in [0.15, 0.2) is 0 Å². The molecule has 0 spiro atoms. The maximum atomic E-state index is 11.6. The third-order valence-corrected chi connectivity index (χ3v) is 3.81. The molecule has 1 amide bonds. The van der Waals surface area contributed by atoms with Crippen LogP contribution >= 0.6 is 11.6 Å². The number of alkyl halides is 1. The van der Waals surface area contributed by atoms with E-state index in [1.54, 1.807) is 0 Å². The third-order valence-electron chi connectivity index (χ3n) is 3.56. The Balaban J connectivity index is 2.17. The van der Waals surface area contributed by atoms with Crippen molar-refractivity contribution in [2.45, 2.75) is 19.0 Å². The molecule has 5 heteroatoms. The first kappa shape index (κ1) is 15.3. The van der Waals surface area contributed by atoms with Crippen LogP contribution in [0.5, 0.6) is 0 Å². The Kier molecular flexibility index (Phi) is 5.83. The van der Waals surface area contributed by atoms with E-state index in [9.17, 15) is 4.79 Å². The molecule has 20 heavy (non-hydrogen) atoms. The number of carbonyl (C=O) groups excluding carboxylic acids is 1. The molecule has 1 heterocycles. The van der Waals surface area contributed by atoms with Gasteiger partial charge >= 0.3 is 0 Å². The van der Waals surface area contributed by atoms with Crippen LogP contribution in [0.1, 0.15) is 18.5 Å². The molecule has 0 aromatic heterocycles. The van der Waals surface area contributed by atoms with Crippen molar-refractivity contribution in [2.24, 2.45) is 0 Å². The zero-order valence-corrected chi connectivity index (χ0v) is 12.5. The number of benzene rings is 1. The van der Waals surface area contributed by atoms with Crippen molar-refractivity contribution in [3.8, 4) is 0 Å². The lowest BCUT2D eigenvalue weighted by Gasteiger charge is -2.38. The first-order valence-electron chi connectivity index (χ1n) is 6.94. The quantitative estimate of drug-likeness (QED) is 0.843. The van der Waals surface area contributed by atoms with Crippen LogP contribution in [0.25, 0.3) is 0 Å². The largest absolute Gasteiger partial charge is 0.379 e. The SMILES string of the molecule is C[C@@H](NC(=O)CCl)[C@@H](c1ccccc1)N1CCOCC1. The molecular weight excluding hydrogens is 276 g/mol. The Bertz CT molecular complexity index is 421. The number of rotatable bonds is 5. The molecule has 1 aromatic rings. The maximum Gasteiger partial charge on any atom is 0.235 e. The van der Waals surface area contributed by atoms with Gasteiger partial charge in [-0.15, -0.1) is 11.6 Å². The van der Waals surface area contributed by atoms with E-state index in [2.05, 4.69) is 22.3 Å². The van der Waals surface area contributed by atoms with Gasteiger partial charge in [0.2, 0.25) is 5.91 Å². The predicted octanol–water partition coefficient (Wildman–Crippen LogP) is 1.80. The predicted molar refractivity (Wildman–Crippen MR) is 79.9 cm³/mol. The van der Waals surface area contributed by atoms with Gasteiger partial charge in [-0.25, -0.2) is 0 Å². The van der Waals surface area contributed by atoms with Gasteiger partial charge in [-0.3, -0.25) is 9.69 Å². The summed E-state index contributed by atoms with van der Waals surface area (Å²) < 4.78 is 5.42. The number of halogens is 1. The lowest BCUT2D eigenvalue weighted by Crippen LogP contribution is -2.48. The zero-order chi connectivity index (χ0) is 14.4. The minimum atomic E-state index is -0.131. The molecule has 1 aliphatic heterocycles. The van der Waals surface area contributed by atoms with Gasteiger partial charge < -0.3 is 10.1 Å². The van der Waals surface area contributed by atoms with Crippen molar-refractivity contribution in [3.63, 3.8) is 0 Å². The molecular formula is C15H21ClN2O2. The second-order valence-corrected chi connectivity index (χ2v) is 5.26. The standard InChI is InChI=1S/C15H21ClN2O2/c1-12(17-14(19)11-16)15(13-5-3-2-4-6-13)18-7-9-20-10-8-18/h2-6,12,15H,7-11H2,1H3,(H,17,19)/t12-,15+/m1/s1. The Morgan fingerprint density at radius 1 is 1.35 bits per heavy atom. The van der Waals surface area contributed by atoms with Crippen molar-refractivity contribution >= 4 is 17.5 Å². The Hall–Kier alpha value is -1.10. The van der Waals surface area contributed by atoms with Gasteiger partial charge in [0.25, 0.3) is 0 Å². The van der Waals surface area contributed by atoms with Crippen LogP contribution in [-0.2, 0) is 9.53 Å². The summed E-state index contributed by atoms with van der Waals surface area (Å²) in [7, 11) is 0. The highest BCUT2D eigenvalue weighted by atomic mass is 35.5. The van der Waals surface area contributed by atoms with Crippen LogP contribution in [0.15, 0.2) is 30.3 Å². The molecule has 0 bridgehead atoms. The molecule has 0 radical (unpaired) electrons. The number of ether oxygens (including phenoxy) is 1. The van der Waals surface area contributed by atoms with E-state index >= 15 is 0 Å². The van der Waals surface area contributed by atoms with Gasteiger partial charge in [0, 0.05) is 19.1 Å². The molecule has 1 saturated heterocycles. The summed E-state index contributed by atoms with van der Waals surface area (Å²) >= 11 is 5.59. The zero-order valence-electron chi connectivity index (χ0n) is 11.7. The van der Waals surface area contributed by atoms with Crippen LogP contribution in [0.4, 0.5) is 0 Å². The van der Waals surface area contributed by atoms with Crippen LogP contribution < -0.4 is 5.32 Å². The molecule has 0 saturated carbocycles. The third kappa shape index (κ3) is 3.95. The molecule has 2 rings (SSSR count). The second-order valence-electron chi connectivity index (χ2n) is 4.99. The molecule has 1 N–H and O–H groups in total. The lowest BCUT2D eigenvalue weighted by atomic mass is 9.98. The van der Waals surface area contributed by atoms with E-state index in [0.29, 0.717) is 0 Å². The highest BCUT2D eigenvalue weighted by molar-refractivity contribution is 6.27. The van der Waals surface area contributed by atoms with E-state index in [1.165, 1.54) is 5.56 Å². The molecule has 1 aromatic carbocycles. The van der Waals surface area contributed by atoms with E-state index < -0.39 is 0 Å². The average molecular weight is 297 g/mol. The van der Waals surface area contributed by atoms with Crippen molar-refractivity contribution in [1.82, 2.24) is 10.2 Å². The average Bonchev–Trinajstić information content (AvgIpc) is 2.49. The minimum Gasteiger partial charge on any atom is -0.379 e. The van der Waals surface area contributed by atoms with Gasteiger partial charge in [-0.05, 0) is 12.5 Å². The second kappa shape index (κ2) is 7.62. The smallest absolute Gasteiger partial charge is 0.235 e. The van der Waals surface area contributed by atoms with Crippen molar-refractivity contribution in [3.05, 3.63) is 35.9 Å². The number of amides is 1. The molecule has 110 valence electrons. The summed E-state index contributed by atoms with van der Waals surface area (Å²) in [6.45, 7) is 5.25. The fourth-order valence-electron chi connectivity index (χ4n) is 2.69. The van der Waals surface area contributed by atoms with Crippen LogP contribution in [0.3, 0.4) is 0 Å². The number of morpholine rings is 1. The summed E-state index contributed by atoms with van der Waals surface area (Å²) in [6, 6.07) is 10.4. The Morgan fingerprint density at radius 2 is 2.00 bits per heavy atom. The van der Waals surface area contributed by atoms with Gasteiger partial charge in [0.05, 0.1) is 19.3 Å². The number of carbonyl (C=O) groups is 1. The van der Waals surface area contributed by atoms with Crippen LogP contribution in [-0.4, -0.2) is 49.0 Å². The fourth-order valence-corrected chi connectivity index (χ4v) is 2.77. The first-order valence-corrected chi connectivity index (χ1v) is 7.48. The number of hydrogen-bond donors (Lipinski definition) is 1. The Labute approximate surface area is 125 Å². The Morgan fingerprint density at radius 3 is 2.60 bits per heavy atom. The van der Waals surface area contributed by atoms with E-state index in [4.69, 9.17) is 16.3 Å². The maximum absolute atomic E-state index is 11.6. The summed E-state index contributed by atoms with van der Waals surface area (Å²) in [5.41, 5.74) is 1.21. The molecule has 0 unspecified atom stereocenters. The molecule has 1 aliphatic rings. The number of hydrogen-bond acceptors (Lipinski definition) is 3. The highest BCUT2D eigenvalue weighted by Gasteiger charge is 2.28. The fraction of sp³-hybridized carbons (Fsp3) is 0.533. The molecule has 1 fully saturated rings. The lowest BCUT2D eigenvalue weighted by molar-refractivity contribution is -0.119. The van der Waals surface area contributed by atoms with Crippen molar-refractivity contribution < 1.29 is 9.53 Å². The first-order chi connectivity index (χ1) is 9.72. The van der Waals surface area contributed by atoms with Crippen LogP contribution in [0.2, 0.25) is 0 Å². The van der Waals surface area contributed by atoms with E-state index in [-0.39, 0.29) is 23.9 Å². The van der Waals surface area contributed by atoms with Crippen LogP contribution in [0, 0.1) is 0 Å². The summed E-state index contributed by atoms with van der Waals surface area (Å²) in [5, 5.41) is 2.97. The van der Waals surface area contributed by atoms with Gasteiger partial charge in [-0.2, -0.15) is 0 Å². The molecule has 4 nitrogen and oxygen atoms in total.